The SMILES string of the molecule is Cc1c(N2CCc3ncc(C(F)(F)F)cc3C2)nc2nn(C3CCOC3)c(=O)n2c1C. The van der Waals surface area contributed by atoms with Crippen molar-refractivity contribution in [1.82, 2.24) is 24.1 Å². The van der Waals surface area contributed by atoms with Crippen molar-refractivity contribution in [2.75, 3.05) is 24.7 Å². The van der Waals surface area contributed by atoms with Gasteiger partial charge in [0.1, 0.15) is 5.82 Å². The highest BCUT2D eigenvalue weighted by atomic mass is 19.4. The van der Waals surface area contributed by atoms with E-state index in [9.17, 15) is 18.0 Å². The van der Waals surface area contributed by atoms with Crippen molar-refractivity contribution >= 4 is 11.6 Å². The first-order chi connectivity index (χ1) is 14.7. The fraction of sp³-hybridized carbons (Fsp3) is 0.500. The second-order valence-corrected chi connectivity index (χ2v) is 8.02. The van der Waals surface area contributed by atoms with E-state index in [0.717, 1.165) is 17.8 Å². The zero-order valence-corrected chi connectivity index (χ0v) is 17.1. The molecule has 164 valence electrons. The molecule has 1 fully saturated rings. The molecule has 0 saturated carbocycles. The van der Waals surface area contributed by atoms with Crippen LogP contribution in [0.5, 0.6) is 0 Å². The number of nitrogens with zero attached hydrogens (tertiary/aromatic N) is 6. The zero-order chi connectivity index (χ0) is 21.9. The lowest BCUT2D eigenvalue weighted by molar-refractivity contribution is -0.137. The number of alkyl halides is 3. The first kappa shape index (κ1) is 20.0. The number of rotatable bonds is 2. The maximum atomic E-state index is 13.1. The van der Waals surface area contributed by atoms with Crippen LogP contribution in [0.15, 0.2) is 17.1 Å². The van der Waals surface area contributed by atoms with Crippen LogP contribution in [-0.2, 0) is 23.9 Å². The van der Waals surface area contributed by atoms with Gasteiger partial charge < -0.3 is 9.64 Å². The van der Waals surface area contributed by atoms with Crippen LogP contribution in [0, 0.1) is 13.8 Å². The van der Waals surface area contributed by atoms with Crippen molar-refractivity contribution in [2.24, 2.45) is 0 Å². The van der Waals surface area contributed by atoms with Crippen molar-refractivity contribution in [3.63, 3.8) is 0 Å². The molecule has 0 amide bonds. The van der Waals surface area contributed by atoms with Gasteiger partial charge in [-0.25, -0.2) is 13.9 Å². The summed E-state index contributed by atoms with van der Waals surface area (Å²) in [5.74, 6) is 0.899. The van der Waals surface area contributed by atoms with Crippen LogP contribution < -0.4 is 10.6 Å². The molecule has 5 heterocycles. The minimum atomic E-state index is -4.44. The summed E-state index contributed by atoms with van der Waals surface area (Å²) < 4.78 is 47.7. The molecule has 2 aliphatic heterocycles. The lowest BCUT2D eigenvalue weighted by Gasteiger charge is -2.31. The molecule has 31 heavy (non-hydrogen) atoms. The molecule has 11 heteroatoms. The molecule has 0 N–H and O–H groups in total. The first-order valence-electron chi connectivity index (χ1n) is 10.1. The number of hydrogen-bond donors (Lipinski definition) is 0. The Bertz CT molecular complexity index is 1230. The van der Waals surface area contributed by atoms with Crippen LogP contribution >= 0.6 is 0 Å². The molecule has 1 unspecified atom stereocenters. The van der Waals surface area contributed by atoms with E-state index >= 15 is 0 Å². The molecular formula is C20H21F3N6O2. The Morgan fingerprint density at radius 1 is 1.26 bits per heavy atom. The Hall–Kier alpha value is -2.95. The summed E-state index contributed by atoms with van der Waals surface area (Å²) in [6, 6.07) is 1.04. The van der Waals surface area contributed by atoms with E-state index < -0.39 is 11.7 Å². The maximum Gasteiger partial charge on any atom is 0.417 e. The van der Waals surface area contributed by atoms with Gasteiger partial charge in [-0.05, 0) is 31.9 Å². The number of aryl methyl sites for hydroxylation is 1. The minimum Gasteiger partial charge on any atom is -0.379 e. The number of fused-ring (bicyclic) bond motifs is 2. The normalized spacial score (nSPS) is 19.3. The Kier molecular flexibility index (Phi) is 4.54. The Morgan fingerprint density at radius 2 is 2.06 bits per heavy atom. The van der Waals surface area contributed by atoms with Gasteiger partial charge in [-0.1, -0.05) is 0 Å². The summed E-state index contributed by atoms with van der Waals surface area (Å²) in [6.45, 7) is 5.54. The second kappa shape index (κ2) is 7.04. The van der Waals surface area contributed by atoms with Crippen LogP contribution in [-0.4, -0.2) is 43.9 Å². The maximum absolute atomic E-state index is 13.1. The molecule has 2 aliphatic rings. The van der Waals surface area contributed by atoms with Crippen LogP contribution in [0.4, 0.5) is 19.0 Å². The average Bonchev–Trinajstić information content (AvgIpc) is 3.37. The summed E-state index contributed by atoms with van der Waals surface area (Å²) in [6.07, 6.45) is -2.32. The van der Waals surface area contributed by atoms with Crippen LogP contribution in [0.2, 0.25) is 0 Å². The van der Waals surface area contributed by atoms with E-state index in [2.05, 4.69) is 15.1 Å². The van der Waals surface area contributed by atoms with Gasteiger partial charge in [-0.2, -0.15) is 18.2 Å². The molecule has 3 aromatic heterocycles. The van der Waals surface area contributed by atoms with Gasteiger partial charge in [0.2, 0.25) is 0 Å². The molecule has 1 atom stereocenters. The number of anilines is 1. The van der Waals surface area contributed by atoms with Gasteiger partial charge in [0, 0.05) is 49.3 Å². The summed E-state index contributed by atoms with van der Waals surface area (Å²) in [5.41, 5.74) is 1.69. The molecule has 0 bridgehead atoms. The highest BCUT2D eigenvalue weighted by Crippen LogP contribution is 2.32. The standard InChI is InChI=1S/C20H21F3N6O2/c1-11-12(2)28-18(26-29(19(28)30)15-4-6-31-10-15)25-17(11)27-5-3-16-13(9-27)7-14(8-24-16)20(21,22)23/h7-8,15H,3-6,9-10H2,1-2H3. The summed E-state index contributed by atoms with van der Waals surface area (Å²) >= 11 is 0. The predicted octanol–water partition coefficient (Wildman–Crippen LogP) is 2.45. The van der Waals surface area contributed by atoms with Crippen molar-refractivity contribution in [3.8, 4) is 0 Å². The van der Waals surface area contributed by atoms with E-state index in [-0.39, 0.29) is 24.1 Å². The number of aromatic nitrogens is 5. The third-order valence-corrected chi connectivity index (χ3v) is 6.12. The fourth-order valence-electron chi connectivity index (χ4n) is 4.27. The van der Waals surface area contributed by atoms with Crippen molar-refractivity contribution < 1.29 is 17.9 Å². The number of hydrogen-bond acceptors (Lipinski definition) is 6. The average molecular weight is 434 g/mol. The van der Waals surface area contributed by atoms with Gasteiger partial charge >= 0.3 is 11.9 Å². The molecule has 0 aromatic carbocycles. The molecule has 0 aliphatic carbocycles. The molecular weight excluding hydrogens is 413 g/mol. The predicted molar refractivity (Wildman–Crippen MR) is 105 cm³/mol. The Balaban J connectivity index is 1.55. The second-order valence-electron chi connectivity index (χ2n) is 8.02. The summed E-state index contributed by atoms with van der Waals surface area (Å²) in [5, 5.41) is 4.43. The first-order valence-corrected chi connectivity index (χ1v) is 10.1. The monoisotopic (exact) mass is 434 g/mol. The van der Waals surface area contributed by atoms with Gasteiger partial charge in [-0.15, -0.1) is 5.10 Å². The van der Waals surface area contributed by atoms with Crippen LogP contribution in [0.3, 0.4) is 0 Å². The smallest absolute Gasteiger partial charge is 0.379 e. The van der Waals surface area contributed by atoms with E-state index in [1.165, 1.54) is 9.08 Å². The highest BCUT2D eigenvalue weighted by molar-refractivity contribution is 5.55. The quantitative estimate of drug-likeness (QED) is 0.617. The number of ether oxygens (including phenoxy) is 1. The largest absolute Gasteiger partial charge is 0.417 e. The lowest BCUT2D eigenvalue weighted by Crippen LogP contribution is -2.33. The molecule has 1 saturated heterocycles. The lowest BCUT2D eigenvalue weighted by atomic mass is 10.0. The van der Waals surface area contributed by atoms with Crippen molar-refractivity contribution in [3.05, 3.63) is 50.8 Å². The zero-order valence-electron chi connectivity index (χ0n) is 17.1. The van der Waals surface area contributed by atoms with Crippen LogP contribution in [0.1, 0.15) is 40.5 Å². The highest BCUT2D eigenvalue weighted by Gasteiger charge is 2.33. The van der Waals surface area contributed by atoms with E-state index in [0.29, 0.717) is 55.4 Å². The fourth-order valence-corrected chi connectivity index (χ4v) is 4.27. The van der Waals surface area contributed by atoms with Crippen LogP contribution in [0.25, 0.3) is 5.78 Å². The third kappa shape index (κ3) is 3.27. The molecule has 0 radical (unpaired) electrons. The summed E-state index contributed by atoms with van der Waals surface area (Å²) in [7, 11) is 0. The Labute approximate surface area is 175 Å². The van der Waals surface area contributed by atoms with Crippen molar-refractivity contribution in [2.45, 2.75) is 45.5 Å². The Morgan fingerprint density at radius 3 is 2.77 bits per heavy atom. The summed E-state index contributed by atoms with van der Waals surface area (Å²) in [4.78, 5) is 23.5. The van der Waals surface area contributed by atoms with Gasteiger partial charge in [-0.3, -0.25) is 4.98 Å². The third-order valence-electron chi connectivity index (χ3n) is 6.12. The van der Waals surface area contributed by atoms with E-state index in [1.807, 2.05) is 18.7 Å². The van der Waals surface area contributed by atoms with E-state index in [4.69, 9.17) is 4.74 Å². The van der Waals surface area contributed by atoms with Gasteiger partial charge in [0.25, 0.3) is 5.78 Å². The molecule has 0 spiro atoms. The number of pyridine rings is 1. The van der Waals surface area contributed by atoms with Gasteiger partial charge in [0.05, 0.1) is 18.2 Å². The molecule has 5 rings (SSSR count). The minimum absolute atomic E-state index is 0.119. The molecule has 8 nitrogen and oxygen atoms in total. The number of halogens is 3. The molecule has 3 aromatic rings. The van der Waals surface area contributed by atoms with Gasteiger partial charge in [0.15, 0.2) is 0 Å². The van der Waals surface area contributed by atoms with Crippen molar-refractivity contribution in [1.29, 1.82) is 0 Å². The van der Waals surface area contributed by atoms with E-state index in [1.54, 1.807) is 0 Å². The topological polar surface area (TPSA) is 77.6 Å².